The Kier molecular flexibility index (Phi) is 4.94. The highest BCUT2D eigenvalue weighted by atomic mass is 16.5. The van der Waals surface area contributed by atoms with Crippen LogP contribution < -0.4 is 14.8 Å². The highest BCUT2D eigenvalue weighted by molar-refractivity contribution is 5.97. The average molecular weight is 353 g/mol. The first-order chi connectivity index (χ1) is 12.2. The van der Waals surface area contributed by atoms with E-state index in [1.807, 2.05) is 65.0 Å². The van der Waals surface area contributed by atoms with Gasteiger partial charge in [0, 0.05) is 12.0 Å². The van der Waals surface area contributed by atoms with Crippen LogP contribution in [-0.2, 0) is 0 Å². The molecule has 2 aromatic carbocycles. The monoisotopic (exact) mass is 353 g/mol. The summed E-state index contributed by atoms with van der Waals surface area (Å²) >= 11 is 0. The molecule has 1 heterocycles. The first-order valence-corrected chi connectivity index (χ1v) is 9.11. The van der Waals surface area contributed by atoms with Gasteiger partial charge in [-0.1, -0.05) is 24.3 Å². The maximum absolute atomic E-state index is 13.0. The molecule has 0 fully saturated rings. The van der Waals surface area contributed by atoms with Crippen LogP contribution >= 0.6 is 0 Å². The second-order valence-corrected chi connectivity index (χ2v) is 7.80. The fraction of sp³-hybridized carbons (Fsp3) is 0.409. The Hall–Kier alpha value is -2.49. The Bertz CT molecular complexity index is 811. The molecule has 26 heavy (non-hydrogen) atoms. The first kappa shape index (κ1) is 18.3. The molecule has 1 aliphatic heterocycles. The molecule has 138 valence electrons. The fourth-order valence-corrected chi connectivity index (χ4v) is 3.33. The van der Waals surface area contributed by atoms with Crippen LogP contribution in [0.1, 0.15) is 61.6 Å². The highest BCUT2D eigenvalue weighted by Gasteiger charge is 2.35. The van der Waals surface area contributed by atoms with Crippen LogP contribution in [0.3, 0.4) is 0 Å². The van der Waals surface area contributed by atoms with Crippen molar-refractivity contribution in [3.63, 3.8) is 0 Å². The second-order valence-electron chi connectivity index (χ2n) is 7.80. The van der Waals surface area contributed by atoms with E-state index in [9.17, 15) is 4.79 Å². The lowest BCUT2D eigenvalue weighted by Gasteiger charge is -2.38. The summed E-state index contributed by atoms with van der Waals surface area (Å²) in [6, 6.07) is 13.4. The van der Waals surface area contributed by atoms with Crippen LogP contribution in [-0.4, -0.2) is 17.6 Å². The molecule has 0 radical (unpaired) electrons. The Morgan fingerprint density at radius 3 is 2.69 bits per heavy atom. The molecule has 2 aromatic rings. The molecule has 1 N–H and O–H groups in total. The number of amides is 1. The number of aryl methyl sites for hydroxylation is 1. The van der Waals surface area contributed by atoms with E-state index in [0.717, 1.165) is 16.9 Å². The minimum absolute atomic E-state index is 0.00895. The number of ether oxygens (including phenoxy) is 2. The van der Waals surface area contributed by atoms with E-state index in [-0.39, 0.29) is 23.7 Å². The van der Waals surface area contributed by atoms with Gasteiger partial charge in [-0.15, -0.1) is 0 Å². The van der Waals surface area contributed by atoms with E-state index < -0.39 is 0 Å². The van der Waals surface area contributed by atoms with Crippen LogP contribution in [0.4, 0.5) is 0 Å². The second kappa shape index (κ2) is 7.02. The topological polar surface area (TPSA) is 47.6 Å². The van der Waals surface area contributed by atoms with Gasteiger partial charge in [-0.2, -0.15) is 0 Å². The van der Waals surface area contributed by atoms with Crippen molar-refractivity contribution < 1.29 is 14.3 Å². The molecule has 1 atom stereocenters. The van der Waals surface area contributed by atoms with Gasteiger partial charge in [0.1, 0.15) is 17.1 Å². The molecule has 0 bridgehead atoms. The van der Waals surface area contributed by atoms with Crippen molar-refractivity contribution in [3.8, 4) is 11.5 Å². The quantitative estimate of drug-likeness (QED) is 0.858. The lowest BCUT2D eigenvalue weighted by atomic mass is 9.89. The van der Waals surface area contributed by atoms with Crippen molar-refractivity contribution in [3.05, 3.63) is 59.2 Å². The van der Waals surface area contributed by atoms with E-state index in [0.29, 0.717) is 17.7 Å². The van der Waals surface area contributed by atoms with Crippen LogP contribution in [0.25, 0.3) is 0 Å². The van der Waals surface area contributed by atoms with Gasteiger partial charge in [0.05, 0.1) is 17.7 Å². The lowest BCUT2D eigenvalue weighted by Crippen LogP contribution is -2.41. The Balaban J connectivity index is 1.88. The molecule has 0 saturated carbocycles. The predicted molar refractivity (Wildman–Crippen MR) is 103 cm³/mol. The first-order valence-electron chi connectivity index (χ1n) is 9.11. The summed E-state index contributed by atoms with van der Waals surface area (Å²) < 4.78 is 11.9. The van der Waals surface area contributed by atoms with E-state index in [1.54, 1.807) is 6.07 Å². The lowest BCUT2D eigenvalue weighted by molar-refractivity contribution is 0.0618. The minimum atomic E-state index is -0.341. The number of hydrogen-bond donors (Lipinski definition) is 1. The van der Waals surface area contributed by atoms with Gasteiger partial charge < -0.3 is 14.8 Å². The molecular weight excluding hydrogens is 326 g/mol. The van der Waals surface area contributed by atoms with Crippen molar-refractivity contribution in [2.75, 3.05) is 0 Å². The largest absolute Gasteiger partial charge is 0.490 e. The number of rotatable bonds is 4. The maximum Gasteiger partial charge on any atom is 0.255 e. The molecular formula is C22H27NO3. The van der Waals surface area contributed by atoms with Crippen molar-refractivity contribution in [1.29, 1.82) is 0 Å². The molecule has 1 amide bonds. The highest BCUT2D eigenvalue weighted by Crippen LogP contribution is 2.40. The van der Waals surface area contributed by atoms with Crippen LogP contribution in [0.5, 0.6) is 11.5 Å². The number of fused-ring (bicyclic) bond motifs is 1. The Morgan fingerprint density at radius 2 is 1.96 bits per heavy atom. The number of para-hydroxylation sites is 1. The molecule has 0 saturated heterocycles. The van der Waals surface area contributed by atoms with E-state index in [2.05, 4.69) is 11.4 Å². The summed E-state index contributed by atoms with van der Waals surface area (Å²) in [5.74, 6) is 1.32. The van der Waals surface area contributed by atoms with Gasteiger partial charge in [-0.3, -0.25) is 4.79 Å². The van der Waals surface area contributed by atoms with Gasteiger partial charge in [0.2, 0.25) is 0 Å². The summed E-state index contributed by atoms with van der Waals surface area (Å²) in [5, 5.41) is 3.18. The fourth-order valence-electron chi connectivity index (χ4n) is 3.33. The molecule has 1 aliphatic rings. The normalized spacial score (nSPS) is 18.0. The van der Waals surface area contributed by atoms with Crippen molar-refractivity contribution in [2.24, 2.45) is 0 Å². The molecule has 0 spiro atoms. The molecule has 4 heteroatoms. The van der Waals surface area contributed by atoms with E-state index >= 15 is 0 Å². The van der Waals surface area contributed by atoms with Gasteiger partial charge in [0.15, 0.2) is 0 Å². The predicted octanol–water partition coefficient (Wildman–Crippen LogP) is 4.81. The van der Waals surface area contributed by atoms with Gasteiger partial charge >= 0.3 is 0 Å². The van der Waals surface area contributed by atoms with Crippen molar-refractivity contribution in [2.45, 2.75) is 58.8 Å². The number of carbonyl (C=O) groups excluding carboxylic acids is 1. The smallest absolute Gasteiger partial charge is 0.255 e. The van der Waals surface area contributed by atoms with E-state index in [1.165, 1.54) is 0 Å². The number of hydrogen-bond acceptors (Lipinski definition) is 3. The summed E-state index contributed by atoms with van der Waals surface area (Å²) in [5.41, 5.74) is 2.37. The molecule has 1 unspecified atom stereocenters. The zero-order valence-electron chi connectivity index (χ0n) is 16.1. The SMILES string of the molecule is Cc1ccc2c(c1)OC(C)(C)CC2NC(=O)c1ccccc1OC(C)C. The summed E-state index contributed by atoms with van der Waals surface area (Å²) in [6.45, 7) is 10.0. The summed E-state index contributed by atoms with van der Waals surface area (Å²) in [7, 11) is 0. The van der Waals surface area contributed by atoms with Crippen LogP contribution in [0.2, 0.25) is 0 Å². The number of benzene rings is 2. The van der Waals surface area contributed by atoms with Crippen molar-refractivity contribution >= 4 is 5.91 Å². The number of carbonyl (C=O) groups is 1. The van der Waals surface area contributed by atoms with E-state index in [4.69, 9.17) is 9.47 Å². The molecule has 4 nitrogen and oxygen atoms in total. The average Bonchev–Trinajstić information content (AvgIpc) is 2.53. The van der Waals surface area contributed by atoms with Gasteiger partial charge in [0.25, 0.3) is 5.91 Å². The third-order valence-electron chi connectivity index (χ3n) is 4.43. The third-order valence-corrected chi connectivity index (χ3v) is 4.43. The Labute approximate surface area is 155 Å². The maximum atomic E-state index is 13.0. The number of nitrogens with one attached hydrogen (secondary N) is 1. The summed E-state index contributed by atoms with van der Waals surface area (Å²) in [6.07, 6.45) is 0.719. The van der Waals surface area contributed by atoms with Crippen LogP contribution in [0.15, 0.2) is 42.5 Å². The molecule has 3 rings (SSSR count). The van der Waals surface area contributed by atoms with Crippen LogP contribution in [0, 0.1) is 6.92 Å². The molecule has 0 aliphatic carbocycles. The minimum Gasteiger partial charge on any atom is -0.490 e. The Morgan fingerprint density at radius 1 is 1.23 bits per heavy atom. The third kappa shape index (κ3) is 4.01. The van der Waals surface area contributed by atoms with Gasteiger partial charge in [-0.25, -0.2) is 0 Å². The zero-order valence-corrected chi connectivity index (χ0v) is 16.1. The summed E-state index contributed by atoms with van der Waals surface area (Å²) in [4.78, 5) is 13.0. The van der Waals surface area contributed by atoms with Gasteiger partial charge in [-0.05, 0) is 58.4 Å². The zero-order chi connectivity index (χ0) is 18.9. The molecule has 0 aromatic heterocycles. The van der Waals surface area contributed by atoms with Crippen molar-refractivity contribution in [1.82, 2.24) is 5.32 Å². The standard InChI is InChI=1S/C22H27NO3/c1-14(2)25-19-9-7-6-8-17(19)21(24)23-18-13-22(4,5)26-20-12-15(3)10-11-16(18)20/h6-12,14,18H,13H2,1-5H3,(H,23,24).